The Hall–Kier alpha value is -1.75. The van der Waals surface area contributed by atoms with Crippen molar-refractivity contribution < 1.29 is 9.90 Å². The van der Waals surface area contributed by atoms with Gasteiger partial charge >= 0.3 is 5.97 Å². The first-order chi connectivity index (χ1) is 8.68. The highest BCUT2D eigenvalue weighted by Gasteiger charge is 2.13. The van der Waals surface area contributed by atoms with E-state index in [1.807, 2.05) is 29.0 Å². The van der Waals surface area contributed by atoms with E-state index in [1.165, 1.54) is 17.3 Å². The third kappa shape index (κ3) is 2.92. The molecule has 1 aromatic carbocycles. The van der Waals surface area contributed by atoms with Crippen LogP contribution in [0.25, 0.3) is 0 Å². The zero-order valence-electron chi connectivity index (χ0n) is 9.98. The molecular formula is C13H14N2O2S. The molecule has 0 fully saturated rings. The molecule has 1 unspecified atom stereocenters. The van der Waals surface area contributed by atoms with Crippen molar-refractivity contribution in [2.75, 3.05) is 5.75 Å². The Bertz CT molecular complexity index is 525. The number of nitrogens with zero attached hydrogens (tertiary/aromatic N) is 2. The van der Waals surface area contributed by atoms with Gasteiger partial charge in [-0.05, 0) is 12.5 Å². The van der Waals surface area contributed by atoms with Crippen LogP contribution in [-0.4, -0.2) is 26.4 Å². The summed E-state index contributed by atoms with van der Waals surface area (Å²) in [6.45, 7) is 2.07. The fraction of sp³-hybridized carbons (Fsp3) is 0.231. The maximum absolute atomic E-state index is 10.6. The molecule has 1 aromatic heterocycles. The summed E-state index contributed by atoms with van der Waals surface area (Å²) in [7, 11) is 0. The summed E-state index contributed by atoms with van der Waals surface area (Å²) in [4.78, 5) is 14.8. The summed E-state index contributed by atoms with van der Waals surface area (Å²) in [5.41, 5.74) is 1.17. The summed E-state index contributed by atoms with van der Waals surface area (Å²) in [6, 6.07) is 10.2. The van der Waals surface area contributed by atoms with Gasteiger partial charge in [-0.15, -0.1) is 0 Å². The molecule has 0 aliphatic heterocycles. The highest BCUT2D eigenvalue weighted by molar-refractivity contribution is 7.99. The van der Waals surface area contributed by atoms with E-state index >= 15 is 0 Å². The van der Waals surface area contributed by atoms with Crippen LogP contribution in [0.4, 0.5) is 0 Å². The molecule has 2 aromatic rings. The van der Waals surface area contributed by atoms with E-state index in [-0.39, 0.29) is 11.8 Å². The highest BCUT2D eigenvalue weighted by Crippen LogP contribution is 2.24. The van der Waals surface area contributed by atoms with Gasteiger partial charge in [0.15, 0.2) is 5.16 Å². The summed E-state index contributed by atoms with van der Waals surface area (Å²) in [5, 5.41) is 9.43. The van der Waals surface area contributed by atoms with Gasteiger partial charge in [0.05, 0.1) is 11.8 Å². The first-order valence-corrected chi connectivity index (χ1v) is 6.59. The van der Waals surface area contributed by atoms with Crippen LogP contribution in [-0.2, 0) is 4.79 Å². The molecule has 2 rings (SSSR count). The van der Waals surface area contributed by atoms with Crippen molar-refractivity contribution in [3.8, 4) is 0 Å². The molecule has 1 N–H and O–H groups in total. The molecule has 0 saturated heterocycles. The standard InChI is InChI=1S/C13H14N2O2S/c1-10(11-5-3-2-4-6-11)15-8-7-14-13(15)18-9-12(16)17/h2-8,10H,9H2,1H3,(H,16,17). The van der Waals surface area contributed by atoms with Crippen LogP contribution >= 0.6 is 11.8 Å². The molecule has 18 heavy (non-hydrogen) atoms. The van der Waals surface area contributed by atoms with Crippen LogP contribution in [0.5, 0.6) is 0 Å². The van der Waals surface area contributed by atoms with Crippen LogP contribution in [0, 0.1) is 0 Å². The summed E-state index contributed by atoms with van der Waals surface area (Å²) < 4.78 is 1.99. The van der Waals surface area contributed by atoms with E-state index in [0.717, 1.165) is 5.16 Å². The second kappa shape index (κ2) is 5.73. The number of carbonyl (C=O) groups is 1. The Kier molecular flexibility index (Phi) is 4.04. The number of carboxylic acid groups (broad SMARTS) is 1. The van der Waals surface area contributed by atoms with Gasteiger partial charge in [-0.2, -0.15) is 0 Å². The molecule has 94 valence electrons. The number of aliphatic carboxylic acids is 1. The topological polar surface area (TPSA) is 55.1 Å². The van der Waals surface area contributed by atoms with Crippen LogP contribution in [0.3, 0.4) is 0 Å². The first kappa shape index (κ1) is 12.7. The van der Waals surface area contributed by atoms with Crippen molar-refractivity contribution >= 4 is 17.7 Å². The molecule has 4 nitrogen and oxygen atoms in total. The molecule has 0 radical (unpaired) electrons. The van der Waals surface area contributed by atoms with Gasteiger partial charge in [-0.25, -0.2) is 4.98 Å². The maximum atomic E-state index is 10.6. The number of carboxylic acids is 1. The normalized spacial score (nSPS) is 12.3. The fourth-order valence-electron chi connectivity index (χ4n) is 1.72. The SMILES string of the molecule is CC(c1ccccc1)n1ccnc1SCC(=O)O. The Morgan fingerprint density at radius 3 is 2.83 bits per heavy atom. The summed E-state index contributed by atoms with van der Waals surface area (Å²) in [6.07, 6.45) is 3.57. The second-order valence-corrected chi connectivity index (χ2v) is 4.83. The Balaban J connectivity index is 2.18. The Morgan fingerprint density at radius 1 is 1.44 bits per heavy atom. The number of rotatable bonds is 5. The number of thioether (sulfide) groups is 1. The predicted octanol–water partition coefficient (Wildman–Crippen LogP) is 2.67. The lowest BCUT2D eigenvalue weighted by molar-refractivity contribution is -0.133. The van der Waals surface area contributed by atoms with E-state index in [9.17, 15) is 4.79 Å². The lowest BCUT2D eigenvalue weighted by atomic mass is 10.1. The van der Waals surface area contributed by atoms with Crippen molar-refractivity contribution in [1.82, 2.24) is 9.55 Å². The third-order valence-electron chi connectivity index (χ3n) is 2.66. The minimum Gasteiger partial charge on any atom is -0.481 e. The maximum Gasteiger partial charge on any atom is 0.313 e. The van der Waals surface area contributed by atoms with Gasteiger partial charge in [-0.3, -0.25) is 4.79 Å². The fourth-order valence-corrected chi connectivity index (χ4v) is 2.48. The third-order valence-corrected chi connectivity index (χ3v) is 3.62. The summed E-state index contributed by atoms with van der Waals surface area (Å²) in [5.74, 6) is -0.805. The monoisotopic (exact) mass is 262 g/mol. The molecule has 0 amide bonds. The molecular weight excluding hydrogens is 248 g/mol. The molecule has 0 saturated carbocycles. The minimum absolute atomic E-state index is 0.0263. The van der Waals surface area contributed by atoms with Crippen LogP contribution in [0.1, 0.15) is 18.5 Å². The van der Waals surface area contributed by atoms with E-state index in [1.54, 1.807) is 6.20 Å². The lowest BCUT2D eigenvalue weighted by Gasteiger charge is -2.16. The molecule has 5 heteroatoms. The molecule has 1 atom stereocenters. The highest BCUT2D eigenvalue weighted by atomic mass is 32.2. The van der Waals surface area contributed by atoms with Crippen molar-refractivity contribution in [3.05, 3.63) is 48.3 Å². The van der Waals surface area contributed by atoms with Gasteiger partial charge in [0, 0.05) is 12.4 Å². The van der Waals surface area contributed by atoms with E-state index in [4.69, 9.17) is 5.11 Å². The van der Waals surface area contributed by atoms with Crippen LogP contribution in [0.15, 0.2) is 47.9 Å². The van der Waals surface area contributed by atoms with Gasteiger partial charge in [0.25, 0.3) is 0 Å². The largest absolute Gasteiger partial charge is 0.481 e. The number of benzene rings is 1. The smallest absolute Gasteiger partial charge is 0.313 e. The predicted molar refractivity (Wildman–Crippen MR) is 70.8 cm³/mol. The number of imidazole rings is 1. The van der Waals surface area contributed by atoms with Gasteiger partial charge in [0.1, 0.15) is 0 Å². The van der Waals surface area contributed by atoms with Gasteiger partial charge in [-0.1, -0.05) is 42.1 Å². The second-order valence-electron chi connectivity index (χ2n) is 3.89. The van der Waals surface area contributed by atoms with Crippen LogP contribution < -0.4 is 0 Å². The van der Waals surface area contributed by atoms with Crippen molar-refractivity contribution in [2.24, 2.45) is 0 Å². The lowest BCUT2D eigenvalue weighted by Crippen LogP contribution is -2.08. The Labute approximate surface area is 110 Å². The Morgan fingerprint density at radius 2 is 2.17 bits per heavy atom. The van der Waals surface area contributed by atoms with E-state index in [2.05, 4.69) is 24.0 Å². The first-order valence-electron chi connectivity index (χ1n) is 5.61. The quantitative estimate of drug-likeness (QED) is 0.842. The van der Waals surface area contributed by atoms with Crippen molar-refractivity contribution in [3.63, 3.8) is 0 Å². The number of hydrogen-bond donors (Lipinski definition) is 1. The minimum atomic E-state index is -0.832. The summed E-state index contributed by atoms with van der Waals surface area (Å²) >= 11 is 1.24. The van der Waals surface area contributed by atoms with Gasteiger partial charge in [0.2, 0.25) is 0 Å². The zero-order valence-corrected chi connectivity index (χ0v) is 10.8. The average Bonchev–Trinajstić information content (AvgIpc) is 2.85. The van der Waals surface area contributed by atoms with Gasteiger partial charge < -0.3 is 9.67 Å². The number of hydrogen-bond acceptors (Lipinski definition) is 3. The molecule has 1 heterocycles. The number of aromatic nitrogens is 2. The average molecular weight is 262 g/mol. The van der Waals surface area contributed by atoms with E-state index in [0.29, 0.717) is 0 Å². The zero-order chi connectivity index (χ0) is 13.0. The molecule has 0 aliphatic rings. The van der Waals surface area contributed by atoms with E-state index < -0.39 is 5.97 Å². The van der Waals surface area contributed by atoms with Crippen molar-refractivity contribution in [2.45, 2.75) is 18.1 Å². The molecule has 0 spiro atoms. The van der Waals surface area contributed by atoms with Crippen molar-refractivity contribution in [1.29, 1.82) is 0 Å². The molecule has 0 bridgehead atoms. The molecule has 0 aliphatic carbocycles. The van der Waals surface area contributed by atoms with Crippen LogP contribution in [0.2, 0.25) is 0 Å².